The summed E-state index contributed by atoms with van der Waals surface area (Å²) in [6.45, 7) is 9.38. The monoisotopic (exact) mass is 189 g/mol. The van der Waals surface area contributed by atoms with E-state index in [1.807, 2.05) is 6.92 Å². The summed E-state index contributed by atoms with van der Waals surface area (Å²) in [7, 11) is 0. The minimum Gasteiger partial charge on any atom is -0.379 e. The predicted molar refractivity (Wildman–Crippen MR) is 55.1 cm³/mol. The summed E-state index contributed by atoms with van der Waals surface area (Å²) < 4.78 is 10.5. The smallest absolute Gasteiger partial charge is 0.0700 e. The molecule has 0 spiro atoms. The van der Waals surface area contributed by atoms with E-state index in [4.69, 9.17) is 9.47 Å². The van der Waals surface area contributed by atoms with Crippen LogP contribution in [0, 0.1) is 0 Å². The van der Waals surface area contributed by atoms with Crippen LogP contribution in [0.5, 0.6) is 0 Å². The van der Waals surface area contributed by atoms with Crippen LogP contribution in [-0.2, 0) is 9.47 Å². The van der Waals surface area contributed by atoms with Crippen LogP contribution in [0.2, 0.25) is 0 Å². The largest absolute Gasteiger partial charge is 0.379 e. The van der Waals surface area contributed by atoms with Gasteiger partial charge in [-0.3, -0.25) is 0 Å². The van der Waals surface area contributed by atoms with Crippen molar-refractivity contribution in [3.63, 3.8) is 0 Å². The molecular formula is C10H23NO2. The molecule has 0 aliphatic rings. The molecule has 0 bridgehead atoms. The van der Waals surface area contributed by atoms with Crippen molar-refractivity contribution in [1.82, 2.24) is 5.32 Å². The lowest BCUT2D eigenvalue weighted by molar-refractivity contribution is 0.0514. The maximum absolute atomic E-state index is 5.36. The average molecular weight is 189 g/mol. The summed E-state index contributed by atoms with van der Waals surface area (Å²) in [6, 6.07) is 0. The van der Waals surface area contributed by atoms with Gasteiger partial charge in [-0.25, -0.2) is 0 Å². The second-order valence-electron chi connectivity index (χ2n) is 2.87. The maximum Gasteiger partial charge on any atom is 0.0700 e. The van der Waals surface area contributed by atoms with Crippen molar-refractivity contribution in [2.45, 2.75) is 26.7 Å². The second-order valence-corrected chi connectivity index (χ2v) is 2.87. The van der Waals surface area contributed by atoms with E-state index in [9.17, 15) is 0 Å². The van der Waals surface area contributed by atoms with Crippen LogP contribution >= 0.6 is 0 Å². The summed E-state index contributed by atoms with van der Waals surface area (Å²) in [6.07, 6.45) is 2.33. The second kappa shape index (κ2) is 11.9. The van der Waals surface area contributed by atoms with Gasteiger partial charge < -0.3 is 14.8 Å². The molecule has 0 aliphatic carbocycles. The van der Waals surface area contributed by atoms with Gasteiger partial charge in [0.2, 0.25) is 0 Å². The third kappa shape index (κ3) is 11.9. The summed E-state index contributed by atoms with van der Waals surface area (Å²) >= 11 is 0. The van der Waals surface area contributed by atoms with E-state index < -0.39 is 0 Å². The fraction of sp³-hybridized carbons (Fsp3) is 1.00. The molecule has 0 heterocycles. The topological polar surface area (TPSA) is 30.5 Å². The standard InChI is InChI=1S/C10H23NO2/c1-3-11-7-5-6-8-13-10-9-12-4-2/h11H,3-10H2,1-2H3. The summed E-state index contributed by atoms with van der Waals surface area (Å²) in [5.74, 6) is 0. The van der Waals surface area contributed by atoms with E-state index in [-0.39, 0.29) is 0 Å². The molecule has 0 saturated heterocycles. The van der Waals surface area contributed by atoms with Gasteiger partial charge in [-0.15, -0.1) is 0 Å². The van der Waals surface area contributed by atoms with Gasteiger partial charge in [-0.2, -0.15) is 0 Å². The molecule has 13 heavy (non-hydrogen) atoms. The van der Waals surface area contributed by atoms with Crippen molar-refractivity contribution in [3.8, 4) is 0 Å². The van der Waals surface area contributed by atoms with Crippen LogP contribution in [-0.4, -0.2) is 39.5 Å². The highest BCUT2D eigenvalue weighted by Gasteiger charge is 1.89. The molecule has 0 amide bonds. The molecule has 0 unspecified atom stereocenters. The zero-order chi connectivity index (χ0) is 9.78. The number of hydrogen-bond donors (Lipinski definition) is 1. The van der Waals surface area contributed by atoms with Gasteiger partial charge in [0.25, 0.3) is 0 Å². The molecule has 3 nitrogen and oxygen atoms in total. The van der Waals surface area contributed by atoms with Crippen molar-refractivity contribution in [1.29, 1.82) is 0 Å². The van der Waals surface area contributed by atoms with Gasteiger partial charge in [0.15, 0.2) is 0 Å². The van der Waals surface area contributed by atoms with Crippen LogP contribution in [0.15, 0.2) is 0 Å². The molecule has 0 aliphatic heterocycles. The molecule has 0 radical (unpaired) electrons. The Hall–Kier alpha value is -0.120. The lowest BCUT2D eigenvalue weighted by atomic mass is 10.3. The summed E-state index contributed by atoms with van der Waals surface area (Å²) in [4.78, 5) is 0. The summed E-state index contributed by atoms with van der Waals surface area (Å²) in [5.41, 5.74) is 0. The lowest BCUT2D eigenvalue weighted by Gasteiger charge is -2.04. The fourth-order valence-corrected chi connectivity index (χ4v) is 0.995. The Morgan fingerprint density at radius 2 is 1.69 bits per heavy atom. The van der Waals surface area contributed by atoms with Crippen LogP contribution in [0.3, 0.4) is 0 Å². The Labute approximate surface area is 81.8 Å². The third-order valence-electron chi connectivity index (χ3n) is 1.72. The Morgan fingerprint density at radius 3 is 2.38 bits per heavy atom. The van der Waals surface area contributed by atoms with Crippen molar-refractivity contribution < 1.29 is 9.47 Å². The van der Waals surface area contributed by atoms with Crippen LogP contribution in [0.1, 0.15) is 26.7 Å². The predicted octanol–water partition coefficient (Wildman–Crippen LogP) is 1.43. The zero-order valence-corrected chi connectivity index (χ0v) is 8.97. The zero-order valence-electron chi connectivity index (χ0n) is 8.97. The summed E-state index contributed by atoms with van der Waals surface area (Å²) in [5, 5.41) is 3.28. The van der Waals surface area contributed by atoms with Crippen molar-refractivity contribution in [2.24, 2.45) is 0 Å². The molecule has 0 atom stereocenters. The molecule has 0 fully saturated rings. The fourth-order valence-electron chi connectivity index (χ4n) is 0.995. The molecule has 3 heteroatoms. The molecular weight excluding hydrogens is 166 g/mol. The van der Waals surface area contributed by atoms with E-state index in [2.05, 4.69) is 12.2 Å². The van der Waals surface area contributed by atoms with Crippen molar-refractivity contribution >= 4 is 0 Å². The molecule has 0 aromatic heterocycles. The minimum atomic E-state index is 0.726. The average Bonchev–Trinajstić information content (AvgIpc) is 2.16. The third-order valence-corrected chi connectivity index (χ3v) is 1.72. The van der Waals surface area contributed by atoms with E-state index in [1.165, 1.54) is 6.42 Å². The number of ether oxygens (including phenoxy) is 2. The van der Waals surface area contributed by atoms with E-state index in [0.29, 0.717) is 0 Å². The van der Waals surface area contributed by atoms with Gasteiger partial charge in [0.05, 0.1) is 13.2 Å². The first-order chi connectivity index (χ1) is 6.41. The van der Waals surface area contributed by atoms with Crippen LogP contribution < -0.4 is 5.32 Å². The minimum absolute atomic E-state index is 0.726. The van der Waals surface area contributed by atoms with Crippen molar-refractivity contribution in [2.75, 3.05) is 39.5 Å². The number of hydrogen-bond acceptors (Lipinski definition) is 3. The molecule has 1 N–H and O–H groups in total. The van der Waals surface area contributed by atoms with Gasteiger partial charge >= 0.3 is 0 Å². The Morgan fingerprint density at radius 1 is 0.923 bits per heavy atom. The molecule has 0 rings (SSSR count). The first-order valence-electron chi connectivity index (χ1n) is 5.28. The van der Waals surface area contributed by atoms with Gasteiger partial charge in [-0.1, -0.05) is 6.92 Å². The first-order valence-corrected chi connectivity index (χ1v) is 5.28. The number of nitrogens with one attached hydrogen (secondary N) is 1. The normalized spacial score (nSPS) is 10.6. The maximum atomic E-state index is 5.36. The van der Waals surface area contributed by atoms with Gasteiger partial charge in [0.1, 0.15) is 0 Å². The molecule has 0 saturated carbocycles. The lowest BCUT2D eigenvalue weighted by Crippen LogP contribution is -2.14. The van der Waals surface area contributed by atoms with Gasteiger partial charge in [0, 0.05) is 13.2 Å². The van der Waals surface area contributed by atoms with Crippen LogP contribution in [0.25, 0.3) is 0 Å². The Kier molecular flexibility index (Phi) is 11.8. The molecule has 0 aromatic carbocycles. The first kappa shape index (κ1) is 12.9. The van der Waals surface area contributed by atoms with E-state index in [1.54, 1.807) is 0 Å². The molecule has 80 valence electrons. The number of unbranched alkanes of at least 4 members (excludes halogenated alkanes) is 1. The highest BCUT2D eigenvalue weighted by molar-refractivity contribution is 4.44. The molecule has 0 aromatic rings. The van der Waals surface area contributed by atoms with Crippen LogP contribution in [0.4, 0.5) is 0 Å². The quantitative estimate of drug-likeness (QED) is 0.527. The Bertz CT molecular complexity index is 79.0. The number of rotatable bonds is 10. The highest BCUT2D eigenvalue weighted by Crippen LogP contribution is 1.88. The van der Waals surface area contributed by atoms with E-state index >= 15 is 0 Å². The highest BCUT2D eigenvalue weighted by atomic mass is 16.5. The van der Waals surface area contributed by atoms with Gasteiger partial charge in [-0.05, 0) is 32.9 Å². The SMILES string of the molecule is CCNCCCCOCCOCC. The Balaban J connectivity index is 2.76. The van der Waals surface area contributed by atoms with Crippen molar-refractivity contribution in [3.05, 3.63) is 0 Å². The van der Waals surface area contributed by atoms with E-state index in [0.717, 1.165) is 45.9 Å².